The highest BCUT2D eigenvalue weighted by Crippen LogP contribution is 2.23. The van der Waals surface area contributed by atoms with Gasteiger partial charge in [-0.2, -0.15) is 5.10 Å². The van der Waals surface area contributed by atoms with Crippen molar-refractivity contribution in [2.75, 3.05) is 0 Å². The van der Waals surface area contributed by atoms with Crippen molar-refractivity contribution < 1.29 is 4.42 Å². The summed E-state index contributed by atoms with van der Waals surface area (Å²) in [5, 5.41) is 14.8. The lowest BCUT2D eigenvalue weighted by Gasteiger charge is -1.94. The number of nitrogens with zero attached hydrogens (tertiary/aromatic N) is 4. The summed E-state index contributed by atoms with van der Waals surface area (Å²) in [6.45, 7) is 2.27. The van der Waals surface area contributed by atoms with Gasteiger partial charge in [0.2, 0.25) is 5.89 Å². The van der Waals surface area contributed by atoms with Gasteiger partial charge in [0.05, 0.1) is 15.6 Å². The molecule has 3 aromatic heterocycles. The summed E-state index contributed by atoms with van der Waals surface area (Å²) < 4.78 is 7.25. The number of thiophene rings is 1. The van der Waals surface area contributed by atoms with E-state index in [-0.39, 0.29) is 0 Å². The molecule has 5 nitrogen and oxygen atoms in total. The SMILES string of the molecule is Cc1nn(Cc2nnc(-c3cccs3)o2)cc1Cl. The van der Waals surface area contributed by atoms with Crippen LogP contribution in [0.4, 0.5) is 0 Å². The van der Waals surface area contributed by atoms with E-state index >= 15 is 0 Å². The van der Waals surface area contributed by atoms with Crippen molar-refractivity contribution in [2.45, 2.75) is 13.5 Å². The predicted molar refractivity (Wildman–Crippen MR) is 68.7 cm³/mol. The highest BCUT2D eigenvalue weighted by atomic mass is 35.5. The molecule has 0 unspecified atom stereocenters. The molecular weight excluding hydrogens is 272 g/mol. The number of aryl methyl sites for hydroxylation is 1. The van der Waals surface area contributed by atoms with Crippen molar-refractivity contribution in [1.29, 1.82) is 0 Å². The second-order valence-corrected chi connectivity index (χ2v) is 5.09. The number of aromatic nitrogens is 4. The third-order valence-corrected chi connectivity index (χ3v) is 3.61. The summed E-state index contributed by atoms with van der Waals surface area (Å²) in [5.74, 6) is 1.05. The average molecular weight is 281 g/mol. The molecule has 18 heavy (non-hydrogen) atoms. The molecule has 0 atom stereocenters. The summed E-state index contributed by atoms with van der Waals surface area (Å²) in [7, 11) is 0. The van der Waals surface area contributed by atoms with Gasteiger partial charge < -0.3 is 4.42 Å². The average Bonchev–Trinajstić information content (AvgIpc) is 3.02. The Labute approximate surface area is 112 Å². The quantitative estimate of drug-likeness (QED) is 0.740. The lowest BCUT2D eigenvalue weighted by atomic mass is 10.5. The van der Waals surface area contributed by atoms with Crippen molar-refractivity contribution >= 4 is 22.9 Å². The summed E-state index contributed by atoms with van der Waals surface area (Å²) in [6.07, 6.45) is 1.74. The molecule has 92 valence electrons. The van der Waals surface area contributed by atoms with Gasteiger partial charge in [-0.15, -0.1) is 21.5 Å². The van der Waals surface area contributed by atoms with Crippen LogP contribution in [0, 0.1) is 6.92 Å². The van der Waals surface area contributed by atoms with Gasteiger partial charge in [-0.05, 0) is 18.4 Å². The summed E-state index contributed by atoms with van der Waals surface area (Å²) in [5.41, 5.74) is 0.787. The second-order valence-electron chi connectivity index (χ2n) is 3.74. The van der Waals surface area contributed by atoms with Crippen molar-refractivity contribution in [3.8, 4) is 10.8 Å². The Hall–Kier alpha value is -1.66. The fraction of sp³-hybridized carbons (Fsp3) is 0.182. The molecule has 0 radical (unpaired) electrons. The largest absolute Gasteiger partial charge is 0.418 e. The maximum absolute atomic E-state index is 5.93. The van der Waals surface area contributed by atoms with E-state index in [1.54, 1.807) is 22.2 Å². The molecule has 0 spiro atoms. The van der Waals surface area contributed by atoms with E-state index in [4.69, 9.17) is 16.0 Å². The Balaban J connectivity index is 1.82. The number of rotatable bonds is 3. The third-order valence-electron chi connectivity index (χ3n) is 2.38. The van der Waals surface area contributed by atoms with E-state index < -0.39 is 0 Å². The monoisotopic (exact) mass is 280 g/mol. The van der Waals surface area contributed by atoms with Crippen LogP contribution in [0.1, 0.15) is 11.6 Å². The van der Waals surface area contributed by atoms with E-state index in [0.29, 0.717) is 23.3 Å². The molecule has 0 saturated carbocycles. The minimum Gasteiger partial charge on any atom is -0.418 e. The van der Waals surface area contributed by atoms with Gasteiger partial charge in [0.25, 0.3) is 5.89 Å². The molecule has 3 aromatic rings. The zero-order valence-corrected chi connectivity index (χ0v) is 11.1. The van der Waals surface area contributed by atoms with Gasteiger partial charge in [-0.1, -0.05) is 17.7 Å². The minimum absolute atomic E-state index is 0.423. The zero-order chi connectivity index (χ0) is 12.5. The standard InChI is InChI=1S/C11H9ClN4OS/c1-7-8(12)5-16(15-7)6-10-13-14-11(17-10)9-3-2-4-18-9/h2-5H,6H2,1H3. The molecule has 3 rings (SSSR count). The van der Waals surface area contributed by atoms with Crippen LogP contribution >= 0.6 is 22.9 Å². The van der Waals surface area contributed by atoms with Crippen LogP contribution in [-0.4, -0.2) is 20.0 Å². The maximum atomic E-state index is 5.93. The predicted octanol–water partition coefficient (Wildman–Crippen LogP) is 3.00. The second kappa shape index (κ2) is 4.55. The fourth-order valence-electron chi connectivity index (χ4n) is 1.53. The van der Waals surface area contributed by atoms with Gasteiger partial charge in [0, 0.05) is 6.20 Å². The first-order valence-electron chi connectivity index (χ1n) is 5.28. The van der Waals surface area contributed by atoms with Crippen LogP contribution in [0.3, 0.4) is 0 Å². The number of halogens is 1. The minimum atomic E-state index is 0.423. The number of hydrogen-bond acceptors (Lipinski definition) is 5. The molecule has 0 aliphatic carbocycles. The molecular formula is C11H9ClN4OS. The van der Waals surface area contributed by atoms with Gasteiger partial charge in [-0.25, -0.2) is 0 Å². The Morgan fingerprint density at radius 2 is 2.33 bits per heavy atom. The van der Waals surface area contributed by atoms with E-state index in [2.05, 4.69) is 15.3 Å². The Morgan fingerprint density at radius 1 is 1.44 bits per heavy atom. The van der Waals surface area contributed by atoms with Crippen molar-refractivity contribution in [1.82, 2.24) is 20.0 Å². The van der Waals surface area contributed by atoms with Crippen LogP contribution in [0.5, 0.6) is 0 Å². The molecule has 0 fully saturated rings. The Kier molecular flexibility index (Phi) is 2.89. The lowest BCUT2D eigenvalue weighted by Crippen LogP contribution is -2.00. The van der Waals surface area contributed by atoms with Gasteiger partial charge in [-0.3, -0.25) is 4.68 Å². The van der Waals surface area contributed by atoms with E-state index in [1.165, 1.54) is 0 Å². The third kappa shape index (κ3) is 2.16. The molecule has 0 saturated heterocycles. The maximum Gasteiger partial charge on any atom is 0.257 e. The summed E-state index contributed by atoms with van der Waals surface area (Å²) >= 11 is 7.50. The van der Waals surface area contributed by atoms with Gasteiger partial charge in [0.1, 0.15) is 6.54 Å². The zero-order valence-electron chi connectivity index (χ0n) is 9.50. The highest BCUT2D eigenvalue weighted by Gasteiger charge is 2.11. The van der Waals surface area contributed by atoms with Crippen LogP contribution in [0.2, 0.25) is 5.02 Å². The summed E-state index contributed by atoms with van der Waals surface area (Å²) in [4.78, 5) is 0.962. The molecule has 7 heteroatoms. The molecule has 0 bridgehead atoms. The molecule has 0 aliphatic heterocycles. The lowest BCUT2D eigenvalue weighted by molar-refractivity contribution is 0.474. The highest BCUT2D eigenvalue weighted by molar-refractivity contribution is 7.13. The Morgan fingerprint density at radius 3 is 3.00 bits per heavy atom. The first-order valence-corrected chi connectivity index (χ1v) is 6.54. The smallest absolute Gasteiger partial charge is 0.257 e. The van der Waals surface area contributed by atoms with Crippen molar-refractivity contribution in [3.05, 3.63) is 40.3 Å². The Bertz CT molecular complexity index is 639. The van der Waals surface area contributed by atoms with Crippen LogP contribution < -0.4 is 0 Å². The molecule has 3 heterocycles. The van der Waals surface area contributed by atoms with Crippen LogP contribution in [0.25, 0.3) is 10.8 Å². The fourth-order valence-corrected chi connectivity index (χ4v) is 2.33. The van der Waals surface area contributed by atoms with E-state index in [0.717, 1.165) is 10.6 Å². The molecule has 0 amide bonds. The molecule has 0 aromatic carbocycles. The van der Waals surface area contributed by atoms with Crippen molar-refractivity contribution in [3.63, 3.8) is 0 Å². The first kappa shape index (κ1) is 11.4. The van der Waals surface area contributed by atoms with Crippen LogP contribution in [0.15, 0.2) is 28.1 Å². The van der Waals surface area contributed by atoms with E-state index in [9.17, 15) is 0 Å². The van der Waals surface area contributed by atoms with Gasteiger partial charge >= 0.3 is 0 Å². The number of hydrogen-bond donors (Lipinski definition) is 0. The topological polar surface area (TPSA) is 56.7 Å². The van der Waals surface area contributed by atoms with Crippen LogP contribution in [-0.2, 0) is 6.54 Å². The normalized spacial score (nSPS) is 11.0. The van der Waals surface area contributed by atoms with Gasteiger partial charge in [0.15, 0.2) is 0 Å². The molecule has 0 N–H and O–H groups in total. The van der Waals surface area contributed by atoms with Crippen molar-refractivity contribution in [2.24, 2.45) is 0 Å². The van der Waals surface area contributed by atoms with E-state index in [1.807, 2.05) is 24.4 Å². The molecule has 0 aliphatic rings. The summed E-state index contributed by atoms with van der Waals surface area (Å²) in [6, 6.07) is 3.89. The first-order chi connectivity index (χ1) is 8.72.